The molecule has 0 bridgehead atoms. The summed E-state index contributed by atoms with van der Waals surface area (Å²) in [6.45, 7) is 0.452. The quantitative estimate of drug-likeness (QED) is 0.689. The lowest BCUT2D eigenvalue weighted by Crippen LogP contribution is -2.29. The van der Waals surface area contributed by atoms with Crippen molar-refractivity contribution in [3.8, 4) is 5.75 Å². The van der Waals surface area contributed by atoms with Gasteiger partial charge >= 0.3 is 0 Å². The molecule has 1 aliphatic heterocycles. The molecule has 0 atom stereocenters. The molecule has 4 nitrogen and oxygen atoms in total. The van der Waals surface area contributed by atoms with Crippen molar-refractivity contribution in [1.82, 2.24) is 0 Å². The highest BCUT2D eigenvalue weighted by atomic mass is 35.5. The standard InChI is InChI=1S/C21H17ClN2O2/c1-26-16-9-6-14(7-10-16)13-24-20-11-8-15(22)12-19(20)23-18-5-3-2-4-17(18)21(24)25/h2-12,23H,13H2,1H3. The van der Waals surface area contributed by atoms with Gasteiger partial charge in [-0.15, -0.1) is 0 Å². The van der Waals surface area contributed by atoms with Crippen molar-refractivity contribution in [3.05, 3.63) is 82.9 Å². The van der Waals surface area contributed by atoms with Gasteiger partial charge in [0.1, 0.15) is 5.75 Å². The Bertz CT molecular complexity index is 970. The molecule has 0 aromatic heterocycles. The van der Waals surface area contributed by atoms with E-state index in [9.17, 15) is 4.79 Å². The fraction of sp³-hybridized carbons (Fsp3) is 0.0952. The van der Waals surface area contributed by atoms with Gasteiger partial charge in [0.15, 0.2) is 0 Å². The second kappa shape index (κ2) is 6.73. The van der Waals surface area contributed by atoms with Crippen molar-refractivity contribution in [1.29, 1.82) is 0 Å². The molecule has 26 heavy (non-hydrogen) atoms. The van der Waals surface area contributed by atoms with Gasteiger partial charge in [-0.2, -0.15) is 0 Å². The summed E-state index contributed by atoms with van der Waals surface area (Å²) in [4.78, 5) is 15.0. The number of para-hydroxylation sites is 1. The molecule has 1 N–H and O–H groups in total. The van der Waals surface area contributed by atoms with E-state index in [0.717, 1.165) is 28.4 Å². The van der Waals surface area contributed by atoms with Gasteiger partial charge in [0.2, 0.25) is 0 Å². The van der Waals surface area contributed by atoms with Gasteiger partial charge in [-0.1, -0.05) is 35.9 Å². The van der Waals surface area contributed by atoms with E-state index in [1.807, 2.05) is 60.7 Å². The van der Waals surface area contributed by atoms with Gasteiger partial charge in [-0.3, -0.25) is 4.79 Å². The number of benzene rings is 3. The predicted molar refractivity (Wildman–Crippen MR) is 105 cm³/mol. The van der Waals surface area contributed by atoms with Crippen LogP contribution < -0.4 is 15.0 Å². The molecule has 3 aromatic carbocycles. The highest BCUT2D eigenvalue weighted by Crippen LogP contribution is 2.38. The number of amides is 1. The Kier molecular flexibility index (Phi) is 4.27. The van der Waals surface area contributed by atoms with Crippen LogP contribution in [0.3, 0.4) is 0 Å². The third kappa shape index (κ3) is 3.00. The van der Waals surface area contributed by atoms with Gasteiger partial charge in [-0.25, -0.2) is 0 Å². The number of hydrogen-bond donors (Lipinski definition) is 1. The fourth-order valence-corrected chi connectivity index (χ4v) is 3.26. The Morgan fingerprint density at radius 2 is 1.77 bits per heavy atom. The summed E-state index contributed by atoms with van der Waals surface area (Å²) in [5, 5.41) is 3.96. The molecule has 1 amide bonds. The molecule has 0 radical (unpaired) electrons. The fourth-order valence-electron chi connectivity index (χ4n) is 3.09. The van der Waals surface area contributed by atoms with Crippen molar-refractivity contribution < 1.29 is 9.53 Å². The molecule has 130 valence electrons. The zero-order chi connectivity index (χ0) is 18.1. The summed E-state index contributed by atoms with van der Waals surface area (Å²) in [7, 11) is 1.63. The zero-order valence-electron chi connectivity index (χ0n) is 14.2. The summed E-state index contributed by atoms with van der Waals surface area (Å²) < 4.78 is 5.21. The van der Waals surface area contributed by atoms with Crippen LogP contribution in [0.1, 0.15) is 15.9 Å². The number of rotatable bonds is 3. The van der Waals surface area contributed by atoms with E-state index in [1.165, 1.54) is 0 Å². The topological polar surface area (TPSA) is 41.6 Å². The van der Waals surface area contributed by atoms with E-state index in [1.54, 1.807) is 18.1 Å². The van der Waals surface area contributed by atoms with Crippen LogP contribution in [0.4, 0.5) is 17.1 Å². The predicted octanol–water partition coefficient (Wildman–Crippen LogP) is 5.25. The number of carbonyl (C=O) groups excluding carboxylic acids is 1. The number of halogens is 1. The lowest BCUT2D eigenvalue weighted by atomic mass is 10.1. The van der Waals surface area contributed by atoms with Crippen LogP contribution in [0.2, 0.25) is 5.02 Å². The number of fused-ring (bicyclic) bond motifs is 2. The smallest absolute Gasteiger partial charge is 0.260 e. The van der Waals surface area contributed by atoms with Gasteiger partial charge < -0.3 is 15.0 Å². The molecule has 0 unspecified atom stereocenters. The van der Waals surface area contributed by atoms with E-state index in [-0.39, 0.29) is 5.91 Å². The molecule has 4 rings (SSSR count). The zero-order valence-corrected chi connectivity index (χ0v) is 15.0. The number of carbonyl (C=O) groups is 1. The van der Waals surface area contributed by atoms with E-state index in [4.69, 9.17) is 16.3 Å². The Labute approximate surface area is 157 Å². The summed E-state index contributed by atoms with van der Waals surface area (Å²) in [6, 6.07) is 20.7. The minimum absolute atomic E-state index is 0.0509. The maximum atomic E-state index is 13.2. The third-order valence-electron chi connectivity index (χ3n) is 4.42. The molecule has 1 aliphatic rings. The normalized spacial score (nSPS) is 12.7. The van der Waals surface area contributed by atoms with E-state index < -0.39 is 0 Å². The highest BCUT2D eigenvalue weighted by molar-refractivity contribution is 6.31. The molecule has 0 aliphatic carbocycles. The van der Waals surface area contributed by atoms with E-state index in [2.05, 4.69) is 5.32 Å². The third-order valence-corrected chi connectivity index (χ3v) is 4.66. The van der Waals surface area contributed by atoms with Crippen molar-refractivity contribution in [2.75, 3.05) is 17.3 Å². The SMILES string of the molecule is COc1ccc(CN2C(=O)c3ccccc3Nc3cc(Cl)ccc32)cc1. The van der Waals surface area contributed by atoms with Gasteiger partial charge in [-0.05, 0) is 48.0 Å². The summed E-state index contributed by atoms with van der Waals surface area (Å²) in [5.41, 5.74) is 4.03. The minimum atomic E-state index is -0.0509. The number of anilines is 3. The number of ether oxygens (including phenoxy) is 1. The number of hydrogen-bond acceptors (Lipinski definition) is 3. The molecule has 0 fully saturated rings. The van der Waals surface area contributed by atoms with Crippen molar-refractivity contribution >= 4 is 34.6 Å². The van der Waals surface area contributed by atoms with E-state index in [0.29, 0.717) is 17.1 Å². The number of methoxy groups -OCH3 is 1. The molecule has 3 aromatic rings. The van der Waals surface area contributed by atoms with Crippen LogP contribution >= 0.6 is 11.6 Å². The van der Waals surface area contributed by atoms with Crippen LogP contribution in [0.5, 0.6) is 5.75 Å². The molecular formula is C21H17ClN2O2. The van der Waals surface area contributed by atoms with Crippen molar-refractivity contribution in [3.63, 3.8) is 0 Å². The first-order valence-corrected chi connectivity index (χ1v) is 8.64. The van der Waals surface area contributed by atoms with E-state index >= 15 is 0 Å². The van der Waals surface area contributed by atoms with Crippen molar-refractivity contribution in [2.45, 2.75) is 6.54 Å². The molecule has 0 saturated carbocycles. The average molecular weight is 365 g/mol. The van der Waals surface area contributed by atoms with Gasteiger partial charge in [0.05, 0.1) is 36.3 Å². The molecule has 5 heteroatoms. The maximum absolute atomic E-state index is 13.2. The van der Waals surface area contributed by atoms with Gasteiger partial charge in [0.25, 0.3) is 5.91 Å². The Morgan fingerprint density at radius 3 is 2.54 bits per heavy atom. The summed E-state index contributed by atoms with van der Waals surface area (Å²) >= 11 is 6.18. The molecule has 1 heterocycles. The highest BCUT2D eigenvalue weighted by Gasteiger charge is 2.26. The summed E-state index contributed by atoms with van der Waals surface area (Å²) in [6.07, 6.45) is 0. The Balaban J connectivity index is 1.79. The van der Waals surface area contributed by atoms with Crippen LogP contribution in [0.15, 0.2) is 66.7 Å². The Morgan fingerprint density at radius 1 is 1.00 bits per heavy atom. The molecule has 0 spiro atoms. The number of nitrogens with zero attached hydrogens (tertiary/aromatic N) is 1. The maximum Gasteiger partial charge on any atom is 0.260 e. The number of nitrogens with one attached hydrogen (secondary N) is 1. The largest absolute Gasteiger partial charge is 0.497 e. The van der Waals surface area contributed by atoms with Crippen LogP contribution in [-0.2, 0) is 6.54 Å². The molecule has 0 saturated heterocycles. The second-order valence-electron chi connectivity index (χ2n) is 6.07. The van der Waals surface area contributed by atoms with Crippen molar-refractivity contribution in [2.24, 2.45) is 0 Å². The first kappa shape index (κ1) is 16.5. The average Bonchev–Trinajstić information content (AvgIpc) is 2.77. The van der Waals surface area contributed by atoms with Crippen LogP contribution in [0.25, 0.3) is 0 Å². The first-order valence-electron chi connectivity index (χ1n) is 8.26. The second-order valence-corrected chi connectivity index (χ2v) is 6.51. The lowest BCUT2D eigenvalue weighted by molar-refractivity contribution is 0.0986. The van der Waals surface area contributed by atoms with Gasteiger partial charge in [0, 0.05) is 5.02 Å². The summed E-state index contributed by atoms with van der Waals surface area (Å²) in [5.74, 6) is 0.736. The monoisotopic (exact) mass is 364 g/mol. The van der Waals surface area contributed by atoms with Crippen LogP contribution in [-0.4, -0.2) is 13.0 Å². The Hall–Kier alpha value is -2.98. The first-order chi connectivity index (χ1) is 12.7. The minimum Gasteiger partial charge on any atom is -0.497 e. The molecular weight excluding hydrogens is 348 g/mol. The van der Waals surface area contributed by atoms with Crippen LogP contribution in [0, 0.1) is 0 Å². The lowest BCUT2D eigenvalue weighted by Gasteiger charge is -2.23.